The molecule has 0 saturated heterocycles. The van der Waals surface area contributed by atoms with E-state index in [4.69, 9.17) is 14.4 Å². The van der Waals surface area contributed by atoms with Crippen LogP contribution in [0.4, 0.5) is 0 Å². The minimum Gasteiger partial charge on any atom is -0.456 e. The Labute approximate surface area is 198 Å². The minimum atomic E-state index is 0.710. The van der Waals surface area contributed by atoms with Crippen molar-refractivity contribution < 1.29 is 4.42 Å². The molecule has 0 amide bonds. The largest absolute Gasteiger partial charge is 0.456 e. The van der Waals surface area contributed by atoms with Gasteiger partial charge >= 0.3 is 0 Å². The Morgan fingerprint density at radius 1 is 0.562 bits per heavy atom. The molecule has 0 atom stereocenters. The summed E-state index contributed by atoms with van der Waals surface area (Å²) in [6.07, 6.45) is 0. The van der Waals surface area contributed by atoms with Crippen molar-refractivity contribution in [2.45, 2.75) is 0 Å². The summed E-state index contributed by atoms with van der Waals surface area (Å²) in [7, 11) is 0. The van der Waals surface area contributed by atoms with Gasteiger partial charge in [0.05, 0.1) is 5.69 Å². The molecule has 0 unspecified atom stereocenters. The Balaban J connectivity index is 1.52. The number of rotatable bonds is 3. The molecule has 6 aromatic rings. The van der Waals surface area contributed by atoms with Crippen LogP contribution in [0.1, 0.15) is 0 Å². The number of hydrogen-bond acceptors (Lipinski definition) is 3. The smallest absolute Gasteiger partial charge is 0.160 e. The van der Waals surface area contributed by atoms with E-state index in [1.807, 2.05) is 42.5 Å². The molecule has 0 fully saturated rings. The van der Waals surface area contributed by atoms with Gasteiger partial charge in [-0.15, -0.1) is 0 Å². The van der Waals surface area contributed by atoms with Gasteiger partial charge < -0.3 is 4.42 Å². The first-order valence-electron chi connectivity index (χ1n) is 10.4. The SMILES string of the molecule is Ic1cc(-c2ccccc2-c2ccccc2)nc(-c2ccc3oc4ccccc4c3c2)n1. The van der Waals surface area contributed by atoms with Crippen LogP contribution in [-0.2, 0) is 0 Å². The summed E-state index contributed by atoms with van der Waals surface area (Å²) in [6, 6.07) is 35.1. The molecule has 0 radical (unpaired) electrons. The first kappa shape index (κ1) is 19.2. The Hall–Kier alpha value is -3.51. The molecule has 3 nitrogen and oxygen atoms in total. The van der Waals surface area contributed by atoms with E-state index in [2.05, 4.69) is 83.3 Å². The van der Waals surface area contributed by atoms with Crippen molar-refractivity contribution in [3.05, 3.63) is 107 Å². The topological polar surface area (TPSA) is 38.9 Å². The van der Waals surface area contributed by atoms with Crippen molar-refractivity contribution in [2.75, 3.05) is 0 Å². The molecule has 0 saturated carbocycles. The standard InChI is InChI=1S/C28H17IN2O/c29-27-17-24(21-11-5-4-10-20(21)18-8-2-1-3-9-18)30-28(31-27)19-14-15-26-23(16-19)22-12-6-7-13-25(22)32-26/h1-17H. The molecule has 0 aliphatic rings. The monoisotopic (exact) mass is 524 g/mol. The highest BCUT2D eigenvalue weighted by atomic mass is 127. The summed E-state index contributed by atoms with van der Waals surface area (Å²) in [6.45, 7) is 0. The second kappa shape index (κ2) is 7.88. The van der Waals surface area contributed by atoms with Gasteiger partial charge in [0.15, 0.2) is 5.82 Å². The number of fused-ring (bicyclic) bond motifs is 3. The number of nitrogens with zero attached hydrogens (tertiary/aromatic N) is 2. The molecule has 0 aliphatic heterocycles. The zero-order valence-corrected chi connectivity index (χ0v) is 19.2. The summed E-state index contributed by atoms with van der Waals surface area (Å²) in [4.78, 5) is 9.73. The average Bonchev–Trinajstić information content (AvgIpc) is 3.22. The first-order chi connectivity index (χ1) is 15.8. The third-order valence-corrected chi connectivity index (χ3v) is 6.17. The van der Waals surface area contributed by atoms with Gasteiger partial charge in [-0.25, -0.2) is 9.97 Å². The molecular weight excluding hydrogens is 507 g/mol. The zero-order valence-electron chi connectivity index (χ0n) is 17.0. The molecule has 0 bridgehead atoms. The molecule has 0 aliphatic carbocycles. The van der Waals surface area contributed by atoms with Crippen LogP contribution in [0.25, 0.3) is 55.7 Å². The number of para-hydroxylation sites is 1. The summed E-state index contributed by atoms with van der Waals surface area (Å²) < 4.78 is 6.89. The second-order valence-corrected chi connectivity index (χ2v) is 8.73. The third-order valence-electron chi connectivity index (χ3n) is 5.62. The van der Waals surface area contributed by atoms with E-state index >= 15 is 0 Å². The van der Waals surface area contributed by atoms with Crippen molar-refractivity contribution in [1.29, 1.82) is 0 Å². The van der Waals surface area contributed by atoms with Crippen molar-refractivity contribution >= 4 is 44.5 Å². The van der Waals surface area contributed by atoms with E-state index in [0.29, 0.717) is 5.82 Å². The predicted molar refractivity (Wildman–Crippen MR) is 138 cm³/mol. The van der Waals surface area contributed by atoms with Crippen molar-refractivity contribution in [1.82, 2.24) is 9.97 Å². The van der Waals surface area contributed by atoms with Crippen LogP contribution in [0.3, 0.4) is 0 Å². The third kappa shape index (κ3) is 3.37. The van der Waals surface area contributed by atoms with Crippen LogP contribution in [0.15, 0.2) is 108 Å². The molecule has 4 aromatic carbocycles. The van der Waals surface area contributed by atoms with Gasteiger partial charge in [-0.2, -0.15) is 0 Å². The fourth-order valence-corrected chi connectivity index (χ4v) is 4.65. The molecule has 2 aromatic heterocycles. The Morgan fingerprint density at radius 2 is 1.28 bits per heavy atom. The minimum absolute atomic E-state index is 0.710. The van der Waals surface area contributed by atoms with Crippen LogP contribution in [0, 0.1) is 3.70 Å². The lowest BCUT2D eigenvalue weighted by Gasteiger charge is -2.11. The summed E-state index contributed by atoms with van der Waals surface area (Å²) in [5.74, 6) is 0.710. The Morgan fingerprint density at radius 3 is 2.16 bits per heavy atom. The lowest BCUT2D eigenvalue weighted by Crippen LogP contribution is -1.96. The maximum Gasteiger partial charge on any atom is 0.160 e. The number of aromatic nitrogens is 2. The lowest BCUT2D eigenvalue weighted by atomic mass is 9.97. The van der Waals surface area contributed by atoms with Crippen LogP contribution in [0.5, 0.6) is 0 Å². The van der Waals surface area contributed by atoms with E-state index < -0.39 is 0 Å². The average molecular weight is 524 g/mol. The fourth-order valence-electron chi connectivity index (χ4n) is 4.13. The van der Waals surface area contributed by atoms with Crippen molar-refractivity contribution in [2.24, 2.45) is 0 Å². The summed E-state index contributed by atoms with van der Waals surface area (Å²) in [5, 5.41) is 2.18. The van der Waals surface area contributed by atoms with Gasteiger partial charge in [-0.05, 0) is 64.0 Å². The van der Waals surface area contributed by atoms with Gasteiger partial charge in [0.2, 0.25) is 0 Å². The number of hydrogen-bond donors (Lipinski definition) is 0. The highest BCUT2D eigenvalue weighted by molar-refractivity contribution is 14.1. The maximum atomic E-state index is 5.98. The van der Waals surface area contributed by atoms with Crippen molar-refractivity contribution in [3.63, 3.8) is 0 Å². The molecule has 2 heterocycles. The number of benzene rings is 4. The lowest BCUT2D eigenvalue weighted by molar-refractivity contribution is 0.669. The van der Waals surface area contributed by atoms with Crippen LogP contribution in [0.2, 0.25) is 0 Å². The van der Waals surface area contributed by atoms with Gasteiger partial charge in [0, 0.05) is 21.9 Å². The zero-order chi connectivity index (χ0) is 21.5. The van der Waals surface area contributed by atoms with E-state index in [9.17, 15) is 0 Å². The Kier molecular flexibility index (Phi) is 4.72. The fraction of sp³-hybridized carbons (Fsp3) is 0. The van der Waals surface area contributed by atoms with Crippen LogP contribution < -0.4 is 0 Å². The highest BCUT2D eigenvalue weighted by Gasteiger charge is 2.14. The van der Waals surface area contributed by atoms with Crippen LogP contribution >= 0.6 is 22.6 Å². The molecule has 0 N–H and O–H groups in total. The first-order valence-corrected chi connectivity index (χ1v) is 11.5. The maximum absolute atomic E-state index is 5.98. The predicted octanol–water partition coefficient (Wildman–Crippen LogP) is 7.98. The molecular formula is C28H17IN2O. The van der Waals surface area contributed by atoms with E-state index in [-0.39, 0.29) is 0 Å². The van der Waals surface area contributed by atoms with Crippen LogP contribution in [-0.4, -0.2) is 9.97 Å². The Bertz CT molecular complexity index is 1590. The van der Waals surface area contributed by atoms with Gasteiger partial charge in [-0.3, -0.25) is 0 Å². The van der Waals surface area contributed by atoms with E-state index in [1.54, 1.807) is 0 Å². The summed E-state index contributed by atoms with van der Waals surface area (Å²) >= 11 is 2.27. The molecule has 32 heavy (non-hydrogen) atoms. The van der Waals surface area contributed by atoms with Gasteiger partial charge in [0.25, 0.3) is 0 Å². The van der Waals surface area contributed by atoms with Gasteiger partial charge in [-0.1, -0.05) is 72.8 Å². The quantitative estimate of drug-likeness (QED) is 0.174. The molecule has 0 spiro atoms. The van der Waals surface area contributed by atoms with E-state index in [1.165, 1.54) is 5.56 Å². The molecule has 6 rings (SSSR count). The summed E-state index contributed by atoms with van der Waals surface area (Å²) in [5.41, 5.74) is 7.07. The number of halogens is 1. The van der Waals surface area contributed by atoms with Gasteiger partial charge in [0.1, 0.15) is 14.9 Å². The normalized spacial score (nSPS) is 11.3. The van der Waals surface area contributed by atoms with E-state index in [0.717, 1.165) is 48.0 Å². The molecule has 152 valence electrons. The van der Waals surface area contributed by atoms with Crippen molar-refractivity contribution in [3.8, 4) is 33.8 Å². The number of furan rings is 1. The second-order valence-electron chi connectivity index (χ2n) is 7.62. The molecule has 4 heteroatoms. The highest BCUT2D eigenvalue weighted by Crippen LogP contribution is 2.34.